The van der Waals surface area contributed by atoms with E-state index in [0.717, 1.165) is 11.8 Å². The Hall–Kier alpha value is -0.820. The molecule has 1 saturated carbocycles. The van der Waals surface area contributed by atoms with Gasteiger partial charge in [0, 0.05) is 6.04 Å². The predicted octanol–water partition coefficient (Wildman–Crippen LogP) is 5.26. The zero-order valence-corrected chi connectivity index (χ0v) is 13.1. The second kappa shape index (κ2) is 8.46. The molecule has 1 aliphatic rings. The zero-order valence-electron chi connectivity index (χ0n) is 13.1. The highest BCUT2D eigenvalue weighted by Gasteiger charge is 2.28. The van der Waals surface area contributed by atoms with Gasteiger partial charge in [0.25, 0.3) is 0 Å². The van der Waals surface area contributed by atoms with E-state index in [0.29, 0.717) is 6.04 Å². The van der Waals surface area contributed by atoms with Crippen molar-refractivity contribution in [3.05, 3.63) is 35.9 Å². The molecule has 3 atom stereocenters. The van der Waals surface area contributed by atoms with Crippen molar-refractivity contribution in [3.8, 4) is 0 Å². The van der Waals surface area contributed by atoms with E-state index < -0.39 is 0 Å². The molecule has 20 heavy (non-hydrogen) atoms. The quantitative estimate of drug-likeness (QED) is 0.674. The van der Waals surface area contributed by atoms with Crippen LogP contribution in [0.25, 0.3) is 0 Å². The van der Waals surface area contributed by atoms with Gasteiger partial charge in [-0.25, -0.2) is 0 Å². The smallest absolute Gasteiger partial charge is 0.00675 e. The van der Waals surface area contributed by atoms with Crippen LogP contribution in [0.3, 0.4) is 0 Å². The summed E-state index contributed by atoms with van der Waals surface area (Å²) in [5, 5.41) is 0. The molecule has 3 unspecified atom stereocenters. The van der Waals surface area contributed by atoms with E-state index in [9.17, 15) is 0 Å². The molecule has 1 heteroatoms. The van der Waals surface area contributed by atoms with Crippen molar-refractivity contribution in [2.75, 3.05) is 0 Å². The fourth-order valence-corrected chi connectivity index (χ4v) is 3.66. The van der Waals surface area contributed by atoms with Gasteiger partial charge in [-0.3, -0.25) is 0 Å². The fraction of sp³-hybridized carbons (Fsp3) is 0.684. The maximum absolute atomic E-state index is 6.36. The molecule has 0 amide bonds. The highest BCUT2D eigenvalue weighted by molar-refractivity contribution is 5.20. The minimum absolute atomic E-state index is 0.445. The monoisotopic (exact) mass is 273 g/mol. The Morgan fingerprint density at radius 2 is 1.75 bits per heavy atom. The van der Waals surface area contributed by atoms with Crippen molar-refractivity contribution in [1.29, 1.82) is 0 Å². The van der Waals surface area contributed by atoms with Crippen molar-refractivity contribution in [3.63, 3.8) is 0 Å². The summed E-state index contributed by atoms with van der Waals surface area (Å²) in [6.07, 6.45) is 12.0. The molecule has 0 aromatic heterocycles. The Balaban J connectivity index is 1.79. The Morgan fingerprint density at radius 1 is 1.00 bits per heavy atom. The van der Waals surface area contributed by atoms with Crippen molar-refractivity contribution in [1.82, 2.24) is 0 Å². The van der Waals surface area contributed by atoms with Crippen molar-refractivity contribution >= 4 is 0 Å². The molecule has 0 radical (unpaired) electrons. The van der Waals surface area contributed by atoms with Gasteiger partial charge in [0.15, 0.2) is 0 Å². The van der Waals surface area contributed by atoms with Crippen LogP contribution in [-0.4, -0.2) is 6.04 Å². The maximum atomic E-state index is 6.36. The van der Waals surface area contributed by atoms with Gasteiger partial charge in [-0.2, -0.15) is 0 Å². The number of benzene rings is 1. The summed E-state index contributed by atoms with van der Waals surface area (Å²) < 4.78 is 0. The molecule has 0 spiro atoms. The second-order valence-corrected chi connectivity index (χ2v) is 6.55. The number of nitrogens with two attached hydrogens (primary N) is 1. The number of rotatable bonds is 7. The lowest BCUT2D eigenvalue weighted by atomic mass is 9.73. The van der Waals surface area contributed by atoms with E-state index in [1.165, 1.54) is 63.4 Å². The maximum Gasteiger partial charge on any atom is 0.00675 e. The first-order valence-corrected chi connectivity index (χ1v) is 8.61. The number of hydrogen-bond acceptors (Lipinski definition) is 1. The fourth-order valence-electron chi connectivity index (χ4n) is 3.66. The van der Waals surface area contributed by atoms with Crippen molar-refractivity contribution in [2.45, 2.75) is 76.7 Å². The van der Waals surface area contributed by atoms with Gasteiger partial charge < -0.3 is 5.73 Å². The molecular weight excluding hydrogens is 242 g/mol. The molecule has 0 bridgehead atoms. The minimum Gasteiger partial charge on any atom is -0.327 e. The molecule has 1 fully saturated rings. The van der Waals surface area contributed by atoms with Crippen LogP contribution in [0.1, 0.15) is 76.2 Å². The van der Waals surface area contributed by atoms with E-state index in [1.807, 2.05) is 0 Å². The standard InChI is InChI=1S/C19H31N/c1-2-3-4-5-7-12-18-15-17(13-14-19(18)20)16-10-8-6-9-11-16/h6,8-11,17-19H,2-5,7,12-15,20H2,1H3. The summed E-state index contributed by atoms with van der Waals surface area (Å²) >= 11 is 0. The summed E-state index contributed by atoms with van der Waals surface area (Å²) in [4.78, 5) is 0. The third-order valence-electron chi connectivity index (χ3n) is 4.99. The third kappa shape index (κ3) is 4.63. The summed E-state index contributed by atoms with van der Waals surface area (Å²) in [6, 6.07) is 11.5. The molecule has 112 valence electrons. The van der Waals surface area contributed by atoms with E-state index in [4.69, 9.17) is 5.73 Å². The molecule has 2 rings (SSSR count). The molecule has 1 aliphatic carbocycles. The first-order chi connectivity index (χ1) is 9.81. The van der Waals surface area contributed by atoms with E-state index in [2.05, 4.69) is 37.3 Å². The average Bonchev–Trinajstić information content (AvgIpc) is 2.49. The normalized spacial score (nSPS) is 26.6. The van der Waals surface area contributed by atoms with Crippen LogP contribution in [0.5, 0.6) is 0 Å². The SMILES string of the molecule is CCCCCCCC1CC(c2ccccc2)CCC1N. The average molecular weight is 273 g/mol. The van der Waals surface area contributed by atoms with Crippen LogP contribution in [0, 0.1) is 5.92 Å². The summed E-state index contributed by atoms with van der Waals surface area (Å²) in [6.45, 7) is 2.28. The largest absolute Gasteiger partial charge is 0.327 e. The minimum atomic E-state index is 0.445. The van der Waals surface area contributed by atoms with Gasteiger partial charge in [0.1, 0.15) is 0 Å². The molecule has 0 aliphatic heterocycles. The molecule has 2 N–H and O–H groups in total. The van der Waals surface area contributed by atoms with E-state index >= 15 is 0 Å². The second-order valence-electron chi connectivity index (χ2n) is 6.55. The lowest BCUT2D eigenvalue weighted by molar-refractivity contribution is 0.258. The highest BCUT2D eigenvalue weighted by Crippen LogP contribution is 2.37. The molecular formula is C19H31N. The van der Waals surface area contributed by atoms with E-state index in [-0.39, 0.29) is 0 Å². The van der Waals surface area contributed by atoms with Gasteiger partial charge in [-0.15, -0.1) is 0 Å². The Morgan fingerprint density at radius 3 is 2.50 bits per heavy atom. The van der Waals surface area contributed by atoms with Gasteiger partial charge in [0.05, 0.1) is 0 Å². The summed E-state index contributed by atoms with van der Waals surface area (Å²) in [7, 11) is 0. The third-order valence-corrected chi connectivity index (χ3v) is 4.99. The lowest BCUT2D eigenvalue weighted by Gasteiger charge is -2.34. The lowest BCUT2D eigenvalue weighted by Crippen LogP contribution is -2.35. The van der Waals surface area contributed by atoms with Crippen molar-refractivity contribution < 1.29 is 0 Å². The Labute approximate surface area is 125 Å². The molecule has 1 aromatic carbocycles. The molecule has 1 aromatic rings. The summed E-state index contributed by atoms with van der Waals surface area (Å²) in [5.41, 5.74) is 7.88. The number of unbranched alkanes of at least 4 members (excludes halogenated alkanes) is 4. The van der Waals surface area contributed by atoms with Crippen LogP contribution in [-0.2, 0) is 0 Å². The topological polar surface area (TPSA) is 26.0 Å². The van der Waals surface area contributed by atoms with Crippen LogP contribution >= 0.6 is 0 Å². The highest BCUT2D eigenvalue weighted by atomic mass is 14.7. The van der Waals surface area contributed by atoms with Crippen LogP contribution in [0.4, 0.5) is 0 Å². The Kier molecular flexibility index (Phi) is 6.59. The van der Waals surface area contributed by atoms with Gasteiger partial charge >= 0.3 is 0 Å². The van der Waals surface area contributed by atoms with Gasteiger partial charge in [-0.1, -0.05) is 69.4 Å². The Bertz CT molecular complexity index is 359. The predicted molar refractivity (Wildman–Crippen MR) is 87.9 cm³/mol. The molecule has 1 nitrogen and oxygen atoms in total. The zero-order chi connectivity index (χ0) is 14.2. The van der Waals surface area contributed by atoms with Crippen LogP contribution in [0.2, 0.25) is 0 Å². The first kappa shape index (κ1) is 15.6. The summed E-state index contributed by atoms with van der Waals surface area (Å²) in [5.74, 6) is 1.49. The molecule has 0 heterocycles. The van der Waals surface area contributed by atoms with Crippen LogP contribution < -0.4 is 5.73 Å². The van der Waals surface area contributed by atoms with Gasteiger partial charge in [0.2, 0.25) is 0 Å². The number of hydrogen-bond donors (Lipinski definition) is 1. The van der Waals surface area contributed by atoms with Crippen LogP contribution in [0.15, 0.2) is 30.3 Å². The van der Waals surface area contributed by atoms with E-state index in [1.54, 1.807) is 0 Å². The van der Waals surface area contributed by atoms with Crippen molar-refractivity contribution in [2.24, 2.45) is 11.7 Å². The molecule has 0 saturated heterocycles. The first-order valence-electron chi connectivity index (χ1n) is 8.61. The van der Waals surface area contributed by atoms with Gasteiger partial charge in [-0.05, 0) is 43.1 Å².